The summed E-state index contributed by atoms with van der Waals surface area (Å²) in [5, 5.41) is 1.59. The third-order valence-electron chi connectivity index (χ3n) is 3.43. The molecule has 94 valence electrons. The predicted octanol–water partition coefficient (Wildman–Crippen LogP) is 3.39. The van der Waals surface area contributed by atoms with Gasteiger partial charge in [-0.2, -0.15) is 8.78 Å². The molecule has 4 heteroatoms. The van der Waals surface area contributed by atoms with E-state index in [-0.39, 0.29) is 11.3 Å². The number of halogens is 2. The average molecular weight is 249 g/mol. The van der Waals surface area contributed by atoms with Crippen LogP contribution in [0.4, 0.5) is 8.78 Å². The number of nitrogens with two attached hydrogens (primary N) is 1. The number of rotatable bonds is 3. The summed E-state index contributed by atoms with van der Waals surface area (Å²) in [6.45, 7) is -2.81. The molecule has 2 aromatic carbocycles. The fourth-order valence-corrected chi connectivity index (χ4v) is 2.31. The molecule has 2 N–H and O–H groups in total. The minimum atomic E-state index is -2.81. The van der Waals surface area contributed by atoms with Crippen LogP contribution in [0.5, 0.6) is 5.75 Å². The molecule has 3 rings (SSSR count). The largest absolute Gasteiger partial charge is 0.434 e. The molecule has 1 aliphatic carbocycles. The molecule has 1 fully saturated rings. The highest BCUT2D eigenvalue weighted by Crippen LogP contribution is 2.46. The van der Waals surface area contributed by atoms with Gasteiger partial charge in [0.2, 0.25) is 0 Å². The minimum Gasteiger partial charge on any atom is -0.434 e. The van der Waals surface area contributed by atoms with Crippen LogP contribution >= 0.6 is 0 Å². The van der Waals surface area contributed by atoms with Crippen LogP contribution in [0.25, 0.3) is 10.8 Å². The quantitative estimate of drug-likeness (QED) is 0.904. The number of fused-ring (bicyclic) bond motifs is 1. The number of hydrogen-bond donors (Lipinski definition) is 1. The average Bonchev–Trinajstić information content (AvgIpc) is 3.08. The van der Waals surface area contributed by atoms with Crippen LogP contribution in [-0.4, -0.2) is 6.61 Å². The Labute approximate surface area is 103 Å². The van der Waals surface area contributed by atoms with Gasteiger partial charge in [-0.3, -0.25) is 0 Å². The first-order valence-corrected chi connectivity index (χ1v) is 5.86. The highest BCUT2D eigenvalue weighted by Gasteiger charge is 2.41. The third kappa shape index (κ3) is 1.82. The summed E-state index contributed by atoms with van der Waals surface area (Å²) >= 11 is 0. The second-order valence-electron chi connectivity index (χ2n) is 4.69. The van der Waals surface area contributed by atoms with Gasteiger partial charge in [0.05, 0.1) is 0 Å². The SMILES string of the molecule is NC1(c2ccc(OC(F)F)c3ccccc23)CC1. The van der Waals surface area contributed by atoms with E-state index in [1.54, 1.807) is 24.3 Å². The van der Waals surface area contributed by atoms with Gasteiger partial charge in [0.25, 0.3) is 0 Å². The Balaban J connectivity index is 2.18. The summed E-state index contributed by atoms with van der Waals surface area (Å²) in [5.74, 6) is 0.202. The molecule has 0 spiro atoms. The van der Waals surface area contributed by atoms with Crippen molar-refractivity contribution in [2.45, 2.75) is 25.0 Å². The first-order chi connectivity index (χ1) is 8.60. The van der Waals surface area contributed by atoms with Gasteiger partial charge in [-0.1, -0.05) is 30.3 Å². The zero-order chi connectivity index (χ0) is 12.8. The molecule has 1 aliphatic rings. The molecule has 0 aromatic heterocycles. The third-order valence-corrected chi connectivity index (χ3v) is 3.43. The van der Waals surface area contributed by atoms with Gasteiger partial charge in [-0.05, 0) is 29.9 Å². The van der Waals surface area contributed by atoms with Crippen LogP contribution < -0.4 is 10.5 Å². The number of benzene rings is 2. The second-order valence-corrected chi connectivity index (χ2v) is 4.69. The summed E-state index contributed by atoms with van der Waals surface area (Å²) in [6.07, 6.45) is 1.87. The summed E-state index contributed by atoms with van der Waals surface area (Å²) < 4.78 is 29.2. The molecule has 1 saturated carbocycles. The lowest BCUT2D eigenvalue weighted by Gasteiger charge is -2.15. The Hall–Kier alpha value is -1.68. The molecule has 0 aliphatic heterocycles. The van der Waals surface area contributed by atoms with Gasteiger partial charge in [0.15, 0.2) is 0 Å². The van der Waals surface area contributed by atoms with Gasteiger partial charge in [0, 0.05) is 10.9 Å². The van der Waals surface area contributed by atoms with E-state index in [9.17, 15) is 8.78 Å². The van der Waals surface area contributed by atoms with Crippen LogP contribution in [0.3, 0.4) is 0 Å². The molecular formula is C14H13F2NO. The first kappa shape index (κ1) is 11.4. The van der Waals surface area contributed by atoms with E-state index < -0.39 is 6.61 Å². The second kappa shape index (κ2) is 3.92. The van der Waals surface area contributed by atoms with Crippen molar-refractivity contribution >= 4 is 10.8 Å². The van der Waals surface area contributed by atoms with E-state index >= 15 is 0 Å². The Morgan fingerprint density at radius 3 is 2.33 bits per heavy atom. The highest BCUT2D eigenvalue weighted by atomic mass is 19.3. The fraction of sp³-hybridized carbons (Fsp3) is 0.286. The lowest BCUT2D eigenvalue weighted by molar-refractivity contribution is -0.0488. The summed E-state index contributed by atoms with van der Waals surface area (Å²) in [7, 11) is 0. The summed E-state index contributed by atoms with van der Waals surface area (Å²) in [5.41, 5.74) is 6.92. The monoisotopic (exact) mass is 249 g/mol. The smallest absolute Gasteiger partial charge is 0.387 e. The molecule has 0 bridgehead atoms. The minimum absolute atomic E-state index is 0.202. The molecule has 0 unspecified atom stereocenters. The zero-order valence-corrected chi connectivity index (χ0v) is 9.70. The zero-order valence-electron chi connectivity index (χ0n) is 9.70. The fourth-order valence-electron chi connectivity index (χ4n) is 2.31. The molecular weight excluding hydrogens is 236 g/mol. The van der Waals surface area contributed by atoms with Gasteiger partial charge in [0.1, 0.15) is 5.75 Å². The van der Waals surface area contributed by atoms with Crippen LogP contribution in [0, 0.1) is 0 Å². The summed E-state index contributed by atoms with van der Waals surface area (Å²) in [6, 6.07) is 10.7. The maximum absolute atomic E-state index is 12.3. The van der Waals surface area contributed by atoms with Crippen molar-refractivity contribution < 1.29 is 13.5 Å². The Morgan fingerprint density at radius 2 is 1.72 bits per heavy atom. The van der Waals surface area contributed by atoms with Crippen LogP contribution in [0.15, 0.2) is 36.4 Å². The van der Waals surface area contributed by atoms with E-state index in [0.717, 1.165) is 23.8 Å². The van der Waals surface area contributed by atoms with Gasteiger partial charge in [-0.15, -0.1) is 0 Å². The topological polar surface area (TPSA) is 35.2 Å². The van der Waals surface area contributed by atoms with Gasteiger partial charge < -0.3 is 10.5 Å². The van der Waals surface area contributed by atoms with E-state index in [1.165, 1.54) is 0 Å². The molecule has 0 amide bonds. The number of alkyl halides is 2. The molecule has 2 nitrogen and oxygen atoms in total. The van der Waals surface area contributed by atoms with Crippen molar-refractivity contribution in [3.63, 3.8) is 0 Å². The molecule has 0 atom stereocenters. The number of ether oxygens (including phenoxy) is 1. The Bertz CT molecular complexity index is 593. The van der Waals surface area contributed by atoms with Crippen LogP contribution in [-0.2, 0) is 5.54 Å². The lowest BCUT2D eigenvalue weighted by atomic mass is 9.97. The molecule has 0 radical (unpaired) electrons. The van der Waals surface area contributed by atoms with E-state index in [2.05, 4.69) is 4.74 Å². The van der Waals surface area contributed by atoms with Crippen molar-refractivity contribution in [1.82, 2.24) is 0 Å². The van der Waals surface area contributed by atoms with E-state index in [4.69, 9.17) is 5.73 Å². The maximum atomic E-state index is 12.3. The summed E-state index contributed by atoms with van der Waals surface area (Å²) in [4.78, 5) is 0. The van der Waals surface area contributed by atoms with E-state index in [0.29, 0.717) is 5.39 Å². The van der Waals surface area contributed by atoms with Crippen molar-refractivity contribution in [1.29, 1.82) is 0 Å². The number of hydrogen-bond acceptors (Lipinski definition) is 2. The van der Waals surface area contributed by atoms with Crippen molar-refractivity contribution in [3.8, 4) is 5.75 Å². The first-order valence-electron chi connectivity index (χ1n) is 5.86. The van der Waals surface area contributed by atoms with E-state index in [1.807, 2.05) is 12.1 Å². The molecule has 0 heterocycles. The molecule has 0 saturated heterocycles. The Kier molecular flexibility index (Phi) is 2.48. The normalized spacial score (nSPS) is 17.1. The molecule has 18 heavy (non-hydrogen) atoms. The molecule has 2 aromatic rings. The standard InChI is InChI=1S/C14H13F2NO/c15-13(16)18-12-6-5-11(14(17)7-8-14)9-3-1-2-4-10(9)12/h1-6,13H,7-8,17H2. The maximum Gasteiger partial charge on any atom is 0.387 e. The Morgan fingerprint density at radius 1 is 1.06 bits per heavy atom. The van der Waals surface area contributed by atoms with Crippen molar-refractivity contribution in [2.75, 3.05) is 0 Å². The van der Waals surface area contributed by atoms with Crippen molar-refractivity contribution in [2.24, 2.45) is 5.73 Å². The van der Waals surface area contributed by atoms with Crippen LogP contribution in [0.1, 0.15) is 18.4 Å². The van der Waals surface area contributed by atoms with Crippen LogP contribution in [0.2, 0.25) is 0 Å². The van der Waals surface area contributed by atoms with Gasteiger partial charge in [-0.25, -0.2) is 0 Å². The lowest BCUT2D eigenvalue weighted by Crippen LogP contribution is -2.19. The van der Waals surface area contributed by atoms with Gasteiger partial charge >= 0.3 is 6.61 Å². The van der Waals surface area contributed by atoms with Crippen molar-refractivity contribution in [3.05, 3.63) is 42.0 Å². The predicted molar refractivity (Wildman–Crippen MR) is 65.7 cm³/mol. The highest BCUT2D eigenvalue weighted by molar-refractivity contribution is 5.92.